The minimum absolute atomic E-state index is 0.244. The highest BCUT2D eigenvalue weighted by molar-refractivity contribution is 7.10. The van der Waals surface area contributed by atoms with E-state index in [0.29, 0.717) is 0 Å². The zero-order valence-corrected chi connectivity index (χ0v) is 12.9. The van der Waals surface area contributed by atoms with Gasteiger partial charge < -0.3 is 4.74 Å². The van der Waals surface area contributed by atoms with Gasteiger partial charge in [0.05, 0.1) is 19.1 Å². The zero-order chi connectivity index (χ0) is 14.4. The number of thiazole rings is 1. The van der Waals surface area contributed by atoms with Crippen LogP contribution >= 0.6 is 11.3 Å². The van der Waals surface area contributed by atoms with E-state index in [1.807, 2.05) is 6.08 Å². The maximum absolute atomic E-state index is 5.11. The van der Waals surface area contributed by atoms with Gasteiger partial charge in [-0.3, -0.25) is 0 Å². The molecule has 1 aliphatic carbocycles. The lowest BCUT2D eigenvalue weighted by Crippen LogP contribution is -1.98. The normalized spacial score (nSPS) is 19.8. The molecule has 1 atom stereocenters. The molecule has 0 fully saturated rings. The van der Waals surface area contributed by atoms with Gasteiger partial charge in [-0.05, 0) is 31.6 Å². The lowest BCUT2D eigenvalue weighted by molar-refractivity contribution is 0.333. The fourth-order valence-electron chi connectivity index (χ4n) is 1.89. The summed E-state index contributed by atoms with van der Waals surface area (Å²) in [5.41, 5.74) is 3.41. The van der Waals surface area contributed by atoms with Crippen molar-refractivity contribution in [3.05, 3.63) is 63.9 Å². The van der Waals surface area contributed by atoms with E-state index in [1.54, 1.807) is 24.7 Å². The Balaban J connectivity index is 2.11. The highest BCUT2D eigenvalue weighted by Crippen LogP contribution is 2.22. The summed E-state index contributed by atoms with van der Waals surface area (Å²) in [5, 5.41) is 3.13. The number of hydrogen-bond donors (Lipinski definition) is 0. The van der Waals surface area contributed by atoms with Crippen molar-refractivity contribution < 1.29 is 4.74 Å². The largest absolute Gasteiger partial charge is 0.504 e. The third-order valence-electron chi connectivity index (χ3n) is 2.78. The average molecular weight is 285 g/mol. The van der Waals surface area contributed by atoms with Gasteiger partial charge in [0.25, 0.3) is 0 Å². The Bertz CT molecular complexity index is 598. The average Bonchev–Trinajstić information content (AvgIpc) is 2.85. The van der Waals surface area contributed by atoms with Crippen LogP contribution in [0, 0.1) is 5.92 Å². The van der Waals surface area contributed by atoms with E-state index in [1.165, 1.54) is 5.57 Å². The molecular formula is C17H19NOS. The maximum Gasteiger partial charge on any atom is 0.116 e. The van der Waals surface area contributed by atoms with Crippen molar-refractivity contribution in [1.82, 2.24) is 4.98 Å². The van der Waals surface area contributed by atoms with E-state index >= 15 is 0 Å². The number of nitrogens with zero attached hydrogens (tertiary/aromatic N) is 1. The Labute approximate surface area is 124 Å². The van der Waals surface area contributed by atoms with E-state index < -0.39 is 0 Å². The van der Waals surface area contributed by atoms with E-state index in [2.05, 4.69) is 60.7 Å². The van der Waals surface area contributed by atoms with Crippen LogP contribution in [0.1, 0.15) is 24.5 Å². The molecule has 0 aromatic carbocycles. The van der Waals surface area contributed by atoms with Crippen molar-refractivity contribution >= 4 is 23.5 Å². The molecule has 1 aliphatic rings. The number of hydrogen-bond acceptors (Lipinski definition) is 3. The van der Waals surface area contributed by atoms with Gasteiger partial charge in [-0.15, -0.1) is 11.3 Å². The third-order valence-corrected chi connectivity index (χ3v) is 3.59. The Kier molecular flexibility index (Phi) is 5.13. The smallest absolute Gasteiger partial charge is 0.116 e. The molecule has 0 spiro atoms. The molecular weight excluding hydrogens is 266 g/mol. The van der Waals surface area contributed by atoms with Crippen LogP contribution in [0.3, 0.4) is 0 Å². The number of rotatable bonds is 4. The number of aromatic nitrogens is 1. The molecule has 104 valence electrons. The Morgan fingerprint density at radius 2 is 2.20 bits per heavy atom. The zero-order valence-electron chi connectivity index (χ0n) is 12.0. The van der Waals surface area contributed by atoms with Crippen molar-refractivity contribution in [1.29, 1.82) is 0 Å². The first-order valence-electron chi connectivity index (χ1n) is 6.55. The van der Waals surface area contributed by atoms with Gasteiger partial charge in [-0.25, -0.2) is 4.98 Å². The van der Waals surface area contributed by atoms with Gasteiger partial charge in [0.2, 0.25) is 0 Å². The molecule has 1 aromatic heterocycles. The third kappa shape index (κ3) is 4.07. The summed E-state index contributed by atoms with van der Waals surface area (Å²) in [6, 6.07) is 0. The van der Waals surface area contributed by atoms with E-state index in [0.717, 1.165) is 16.3 Å². The summed E-state index contributed by atoms with van der Waals surface area (Å²) in [6.45, 7) is 4.16. The number of allylic oxidation sites excluding steroid dienone is 7. The summed E-state index contributed by atoms with van der Waals surface area (Å²) in [7, 11) is 1.67. The lowest BCUT2D eigenvalue weighted by Gasteiger charge is -2.11. The standard InChI is InChI=1S/C17H19NOS/c1-13(2)10-17-18-16(12-20-17)9-8-14-6-4-5-7-15(14)11-19-3/h4-12,14H,1-3H3/b9-8+,15-11+. The molecule has 0 saturated heterocycles. The molecule has 0 bridgehead atoms. The molecule has 0 aliphatic heterocycles. The fraction of sp³-hybridized carbons (Fsp3) is 0.235. The summed E-state index contributed by atoms with van der Waals surface area (Å²) < 4.78 is 5.11. The van der Waals surface area contributed by atoms with Gasteiger partial charge in [0.1, 0.15) is 5.01 Å². The molecule has 0 radical (unpaired) electrons. The summed E-state index contributed by atoms with van der Waals surface area (Å²) in [5.74, 6) is 0.244. The van der Waals surface area contributed by atoms with Crippen LogP contribution < -0.4 is 0 Å². The van der Waals surface area contributed by atoms with Crippen LogP contribution in [0.4, 0.5) is 0 Å². The highest BCUT2D eigenvalue weighted by Gasteiger charge is 2.08. The minimum atomic E-state index is 0.244. The molecule has 0 amide bonds. The van der Waals surface area contributed by atoms with Crippen LogP contribution in [0.2, 0.25) is 0 Å². The Hall–Kier alpha value is -1.87. The van der Waals surface area contributed by atoms with Gasteiger partial charge in [-0.1, -0.05) is 36.0 Å². The van der Waals surface area contributed by atoms with Gasteiger partial charge in [-0.2, -0.15) is 0 Å². The monoisotopic (exact) mass is 285 g/mol. The Morgan fingerprint density at radius 3 is 2.95 bits per heavy atom. The van der Waals surface area contributed by atoms with Crippen molar-refractivity contribution in [2.24, 2.45) is 5.92 Å². The quantitative estimate of drug-likeness (QED) is 0.738. The predicted molar refractivity (Wildman–Crippen MR) is 87.3 cm³/mol. The van der Waals surface area contributed by atoms with Crippen LogP contribution in [0.5, 0.6) is 0 Å². The van der Waals surface area contributed by atoms with Crippen molar-refractivity contribution in [2.45, 2.75) is 13.8 Å². The SMILES string of the molecule is CO/C=C1\C=CC=CC1/C=C/c1csc(C=C(C)C)n1. The maximum atomic E-state index is 5.11. The fourth-order valence-corrected chi connectivity index (χ4v) is 2.73. The number of ether oxygens (including phenoxy) is 1. The van der Waals surface area contributed by atoms with Gasteiger partial charge in [0.15, 0.2) is 0 Å². The lowest BCUT2D eigenvalue weighted by atomic mass is 9.95. The first kappa shape index (κ1) is 14.5. The van der Waals surface area contributed by atoms with Crippen LogP contribution in [0.15, 0.2) is 53.2 Å². The van der Waals surface area contributed by atoms with Gasteiger partial charge >= 0.3 is 0 Å². The first-order valence-corrected chi connectivity index (χ1v) is 7.43. The van der Waals surface area contributed by atoms with Gasteiger partial charge in [0, 0.05) is 11.3 Å². The molecule has 20 heavy (non-hydrogen) atoms. The molecule has 1 aromatic rings. The molecule has 1 unspecified atom stereocenters. The van der Waals surface area contributed by atoms with Crippen molar-refractivity contribution in [3.8, 4) is 0 Å². The summed E-state index contributed by atoms with van der Waals surface area (Å²) >= 11 is 1.67. The molecule has 1 heterocycles. The van der Waals surface area contributed by atoms with E-state index in [-0.39, 0.29) is 5.92 Å². The molecule has 3 heteroatoms. The molecule has 2 nitrogen and oxygen atoms in total. The van der Waals surface area contributed by atoms with Crippen molar-refractivity contribution in [2.75, 3.05) is 7.11 Å². The second kappa shape index (κ2) is 7.06. The molecule has 2 rings (SSSR count). The van der Waals surface area contributed by atoms with Crippen LogP contribution in [-0.2, 0) is 4.74 Å². The summed E-state index contributed by atoms with van der Waals surface area (Å²) in [4.78, 5) is 4.57. The summed E-state index contributed by atoms with van der Waals surface area (Å²) in [6.07, 6.45) is 16.4. The second-order valence-corrected chi connectivity index (χ2v) is 5.70. The van der Waals surface area contributed by atoms with Crippen molar-refractivity contribution in [3.63, 3.8) is 0 Å². The minimum Gasteiger partial charge on any atom is -0.504 e. The second-order valence-electron chi connectivity index (χ2n) is 4.81. The topological polar surface area (TPSA) is 22.1 Å². The molecule has 0 saturated carbocycles. The van der Waals surface area contributed by atoms with E-state index in [4.69, 9.17) is 4.74 Å². The predicted octanol–water partition coefficient (Wildman–Crippen LogP) is 4.85. The highest BCUT2D eigenvalue weighted by atomic mass is 32.1. The number of methoxy groups -OCH3 is 1. The first-order chi connectivity index (χ1) is 9.69. The van der Waals surface area contributed by atoms with E-state index in [9.17, 15) is 0 Å². The van der Waals surface area contributed by atoms with Crippen LogP contribution in [0.25, 0.3) is 12.2 Å². The molecule has 0 N–H and O–H groups in total. The van der Waals surface area contributed by atoms with Crippen LogP contribution in [-0.4, -0.2) is 12.1 Å². The Morgan fingerprint density at radius 1 is 1.35 bits per heavy atom.